The summed E-state index contributed by atoms with van der Waals surface area (Å²) in [6.45, 7) is 1.91. The molecule has 0 aliphatic rings. The normalized spacial score (nSPS) is 11.9. The average Bonchev–Trinajstić information content (AvgIpc) is 2.79. The lowest BCUT2D eigenvalue weighted by molar-refractivity contribution is 0.589. The maximum Gasteiger partial charge on any atom is 0.268 e. The molecule has 0 aliphatic heterocycles. The van der Waals surface area contributed by atoms with Crippen LogP contribution >= 0.6 is 15.9 Å². The van der Waals surface area contributed by atoms with Gasteiger partial charge in [0.05, 0.1) is 10.4 Å². The maximum absolute atomic E-state index is 12.7. The van der Waals surface area contributed by atoms with Gasteiger partial charge in [-0.15, -0.1) is 0 Å². The predicted molar refractivity (Wildman–Crippen MR) is 83.4 cm³/mol. The molecule has 0 aliphatic carbocycles. The third-order valence-electron chi connectivity index (χ3n) is 3.23. The van der Waals surface area contributed by atoms with Crippen LogP contribution < -0.4 is 0 Å². The maximum atomic E-state index is 12.7. The van der Waals surface area contributed by atoms with Gasteiger partial charge in [0.15, 0.2) is 0 Å². The molecule has 3 aromatic rings. The lowest BCUT2D eigenvalue weighted by Gasteiger charge is -2.07. The van der Waals surface area contributed by atoms with Gasteiger partial charge in [0, 0.05) is 16.1 Å². The van der Waals surface area contributed by atoms with Crippen molar-refractivity contribution in [1.29, 1.82) is 0 Å². The molecule has 5 heteroatoms. The van der Waals surface area contributed by atoms with E-state index in [4.69, 9.17) is 0 Å². The van der Waals surface area contributed by atoms with Crippen molar-refractivity contribution >= 4 is 36.9 Å². The number of fused-ring (bicyclic) bond motifs is 1. The van der Waals surface area contributed by atoms with Crippen LogP contribution in [0.5, 0.6) is 0 Å². The molecule has 0 bridgehead atoms. The van der Waals surface area contributed by atoms with Gasteiger partial charge in [-0.25, -0.2) is 12.4 Å². The van der Waals surface area contributed by atoms with Crippen molar-refractivity contribution in [2.45, 2.75) is 11.8 Å². The van der Waals surface area contributed by atoms with Crippen molar-refractivity contribution in [1.82, 2.24) is 3.97 Å². The molecule has 102 valence electrons. The quantitative estimate of drug-likeness (QED) is 0.702. The number of hydrogen-bond acceptors (Lipinski definition) is 2. The average molecular weight is 350 g/mol. The van der Waals surface area contributed by atoms with Gasteiger partial charge in [-0.2, -0.15) is 0 Å². The first kappa shape index (κ1) is 13.4. The fourth-order valence-corrected chi connectivity index (χ4v) is 4.41. The van der Waals surface area contributed by atoms with Crippen LogP contribution in [0.2, 0.25) is 0 Å². The summed E-state index contributed by atoms with van der Waals surface area (Å²) in [5, 5.41) is 0.923. The monoisotopic (exact) mass is 349 g/mol. The molecule has 0 spiro atoms. The van der Waals surface area contributed by atoms with E-state index in [0.29, 0.717) is 5.52 Å². The van der Waals surface area contributed by atoms with Crippen LogP contribution in [0.15, 0.2) is 64.1 Å². The zero-order valence-corrected chi connectivity index (χ0v) is 13.1. The van der Waals surface area contributed by atoms with Crippen molar-refractivity contribution in [2.24, 2.45) is 0 Å². The van der Waals surface area contributed by atoms with Crippen LogP contribution in [-0.2, 0) is 10.0 Å². The number of benzene rings is 2. The van der Waals surface area contributed by atoms with E-state index < -0.39 is 10.0 Å². The highest BCUT2D eigenvalue weighted by Crippen LogP contribution is 2.30. The van der Waals surface area contributed by atoms with Crippen LogP contribution in [0, 0.1) is 6.92 Å². The minimum absolute atomic E-state index is 0.289. The predicted octanol–water partition coefficient (Wildman–Crippen LogP) is 3.95. The van der Waals surface area contributed by atoms with Gasteiger partial charge in [0.1, 0.15) is 0 Å². The Hall–Kier alpha value is -1.59. The van der Waals surface area contributed by atoms with E-state index in [0.717, 1.165) is 15.4 Å². The number of rotatable bonds is 2. The Balaban J connectivity index is 2.34. The number of aromatic nitrogens is 1. The summed E-state index contributed by atoms with van der Waals surface area (Å²) in [5.41, 5.74) is 1.60. The van der Waals surface area contributed by atoms with E-state index in [1.807, 2.05) is 25.1 Å². The molecule has 0 fully saturated rings. The molecule has 3 nitrogen and oxygen atoms in total. The lowest BCUT2D eigenvalue weighted by atomic mass is 10.2. The largest absolute Gasteiger partial charge is 0.268 e. The molecule has 0 saturated heterocycles. The van der Waals surface area contributed by atoms with E-state index in [2.05, 4.69) is 15.9 Å². The Morgan fingerprint density at radius 2 is 1.70 bits per heavy atom. The molecule has 0 N–H and O–H groups in total. The van der Waals surface area contributed by atoms with Crippen LogP contribution in [0.25, 0.3) is 10.9 Å². The van der Waals surface area contributed by atoms with Crippen molar-refractivity contribution in [3.63, 3.8) is 0 Å². The van der Waals surface area contributed by atoms with Crippen LogP contribution in [0.1, 0.15) is 5.56 Å². The molecule has 0 unspecified atom stereocenters. The summed E-state index contributed by atoms with van der Waals surface area (Å²) in [5.74, 6) is 0. The van der Waals surface area contributed by atoms with Crippen LogP contribution in [0.4, 0.5) is 0 Å². The molecule has 1 heterocycles. The second kappa shape index (κ2) is 4.75. The highest BCUT2D eigenvalue weighted by molar-refractivity contribution is 9.10. The number of halogens is 1. The van der Waals surface area contributed by atoms with Crippen molar-refractivity contribution in [3.8, 4) is 0 Å². The molecular weight excluding hydrogens is 338 g/mol. The smallest absolute Gasteiger partial charge is 0.241 e. The molecular formula is C15H12BrNO2S. The fourth-order valence-electron chi connectivity index (χ4n) is 2.30. The van der Waals surface area contributed by atoms with Gasteiger partial charge in [-0.3, -0.25) is 0 Å². The summed E-state index contributed by atoms with van der Waals surface area (Å²) in [7, 11) is -3.57. The first-order chi connectivity index (χ1) is 9.51. The topological polar surface area (TPSA) is 39.1 Å². The Labute approximate surface area is 126 Å². The van der Waals surface area contributed by atoms with Gasteiger partial charge in [-0.05, 0) is 36.8 Å². The Morgan fingerprint density at radius 3 is 2.40 bits per heavy atom. The van der Waals surface area contributed by atoms with Gasteiger partial charge in [-0.1, -0.05) is 40.2 Å². The molecule has 3 rings (SSSR count). The molecule has 2 aromatic carbocycles. The van der Waals surface area contributed by atoms with Crippen molar-refractivity contribution in [3.05, 3.63) is 64.8 Å². The summed E-state index contributed by atoms with van der Waals surface area (Å²) in [6.07, 6.45) is 1.66. The Kier molecular flexibility index (Phi) is 3.18. The summed E-state index contributed by atoms with van der Waals surface area (Å²) in [6, 6.07) is 14.0. The standard InChI is InChI=1S/C15H12BrNO2S/c1-11-10-17(14-9-5-8-13(16)15(11)14)20(18,19)12-6-3-2-4-7-12/h2-10H,1H3. The second-order valence-corrected chi connectivity index (χ2v) is 7.23. The van der Waals surface area contributed by atoms with E-state index >= 15 is 0 Å². The Morgan fingerprint density at radius 1 is 1.00 bits per heavy atom. The third kappa shape index (κ3) is 1.98. The van der Waals surface area contributed by atoms with E-state index in [9.17, 15) is 8.42 Å². The molecule has 0 amide bonds. The first-order valence-electron chi connectivity index (χ1n) is 6.08. The fraction of sp³-hybridized carbons (Fsp3) is 0.0667. The molecule has 1 aromatic heterocycles. The summed E-state index contributed by atoms with van der Waals surface area (Å²) >= 11 is 3.48. The molecule has 0 saturated carbocycles. The Bertz CT molecular complexity index is 883. The third-order valence-corrected chi connectivity index (χ3v) is 5.58. The van der Waals surface area contributed by atoms with Gasteiger partial charge < -0.3 is 0 Å². The molecule has 20 heavy (non-hydrogen) atoms. The number of nitrogens with zero attached hydrogens (tertiary/aromatic N) is 1. The lowest BCUT2D eigenvalue weighted by Crippen LogP contribution is -2.11. The van der Waals surface area contributed by atoms with Crippen molar-refractivity contribution < 1.29 is 8.42 Å². The number of hydrogen-bond donors (Lipinski definition) is 0. The van der Waals surface area contributed by atoms with Crippen molar-refractivity contribution in [2.75, 3.05) is 0 Å². The molecule has 0 atom stereocenters. The van der Waals surface area contributed by atoms with Gasteiger partial charge >= 0.3 is 0 Å². The SMILES string of the molecule is Cc1cn(S(=O)(=O)c2ccccc2)c2cccc(Br)c12. The highest BCUT2D eigenvalue weighted by Gasteiger charge is 2.20. The highest BCUT2D eigenvalue weighted by atomic mass is 79.9. The van der Waals surface area contributed by atoms with E-state index in [-0.39, 0.29) is 4.90 Å². The summed E-state index contributed by atoms with van der Waals surface area (Å²) < 4.78 is 27.7. The zero-order valence-electron chi connectivity index (χ0n) is 10.7. The minimum atomic E-state index is -3.57. The van der Waals surface area contributed by atoms with E-state index in [1.54, 1.807) is 36.5 Å². The van der Waals surface area contributed by atoms with E-state index in [1.165, 1.54) is 3.97 Å². The minimum Gasteiger partial charge on any atom is -0.241 e. The number of aryl methyl sites for hydroxylation is 1. The van der Waals surface area contributed by atoms with Crippen LogP contribution in [-0.4, -0.2) is 12.4 Å². The molecule has 0 radical (unpaired) electrons. The van der Waals surface area contributed by atoms with Gasteiger partial charge in [0.2, 0.25) is 0 Å². The van der Waals surface area contributed by atoms with Crippen LogP contribution in [0.3, 0.4) is 0 Å². The first-order valence-corrected chi connectivity index (χ1v) is 8.32. The van der Waals surface area contributed by atoms with Gasteiger partial charge in [0.25, 0.3) is 10.0 Å². The zero-order chi connectivity index (χ0) is 14.3. The second-order valence-electron chi connectivity index (χ2n) is 4.56. The summed E-state index contributed by atoms with van der Waals surface area (Å²) in [4.78, 5) is 0.289.